The van der Waals surface area contributed by atoms with Gasteiger partial charge in [0.25, 0.3) is 5.91 Å². The standard InChI is InChI=1S/C20H23N3O3/c1-14-17(15(2)26-21-14)13-22-8-5-9-23(11-10-22)20(24)19-12-16-6-3-4-7-18(16)25-19/h3-4,6-7,12H,5,8-11,13H2,1-2H3. The highest BCUT2D eigenvalue weighted by Crippen LogP contribution is 2.21. The number of nitrogens with zero attached hydrogens (tertiary/aromatic N) is 3. The lowest BCUT2D eigenvalue weighted by Gasteiger charge is -2.21. The van der Waals surface area contributed by atoms with Gasteiger partial charge in [0.1, 0.15) is 11.3 Å². The Hall–Kier alpha value is -2.60. The van der Waals surface area contributed by atoms with E-state index in [1.807, 2.05) is 49.1 Å². The van der Waals surface area contributed by atoms with Gasteiger partial charge < -0.3 is 13.8 Å². The summed E-state index contributed by atoms with van der Waals surface area (Å²) < 4.78 is 11.0. The van der Waals surface area contributed by atoms with Gasteiger partial charge in [-0.3, -0.25) is 9.69 Å². The number of benzene rings is 1. The molecule has 1 fully saturated rings. The Morgan fingerprint density at radius 1 is 1.15 bits per heavy atom. The third-order valence-electron chi connectivity index (χ3n) is 5.07. The number of rotatable bonds is 3. The number of furan rings is 1. The monoisotopic (exact) mass is 353 g/mol. The molecule has 4 rings (SSSR count). The van der Waals surface area contributed by atoms with E-state index in [1.165, 1.54) is 0 Å². The van der Waals surface area contributed by atoms with E-state index in [1.54, 1.807) is 0 Å². The van der Waals surface area contributed by atoms with Gasteiger partial charge in [0, 0.05) is 43.7 Å². The normalized spacial score (nSPS) is 16.2. The van der Waals surface area contributed by atoms with E-state index in [0.717, 1.165) is 60.6 Å². The molecular weight excluding hydrogens is 330 g/mol. The molecule has 1 saturated heterocycles. The smallest absolute Gasteiger partial charge is 0.289 e. The molecule has 0 aliphatic carbocycles. The van der Waals surface area contributed by atoms with Crippen LogP contribution in [0.1, 0.15) is 34.0 Å². The summed E-state index contributed by atoms with van der Waals surface area (Å²) in [4.78, 5) is 17.1. The van der Waals surface area contributed by atoms with Gasteiger partial charge in [-0.2, -0.15) is 0 Å². The highest BCUT2D eigenvalue weighted by molar-refractivity contribution is 5.96. The Morgan fingerprint density at radius 2 is 2.00 bits per heavy atom. The summed E-state index contributed by atoms with van der Waals surface area (Å²) in [6, 6.07) is 9.55. The van der Waals surface area contributed by atoms with Crippen LogP contribution in [-0.4, -0.2) is 47.0 Å². The molecule has 26 heavy (non-hydrogen) atoms. The molecule has 1 aromatic carbocycles. The fourth-order valence-electron chi connectivity index (χ4n) is 3.53. The van der Waals surface area contributed by atoms with Crippen molar-refractivity contribution in [3.8, 4) is 0 Å². The highest BCUT2D eigenvalue weighted by atomic mass is 16.5. The third-order valence-corrected chi connectivity index (χ3v) is 5.07. The van der Waals surface area contributed by atoms with E-state index in [2.05, 4.69) is 10.1 Å². The topological polar surface area (TPSA) is 62.7 Å². The molecule has 1 amide bonds. The quantitative estimate of drug-likeness (QED) is 0.722. The number of carbonyl (C=O) groups is 1. The van der Waals surface area contributed by atoms with E-state index >= 15 is 0 Å². The van der Waals surface area contributed by atoms with E-state index in [-0.39, 0.29) is 5.91 Å². The van der Waals surface area contributed by atoms with Gasteiger partial charge >= 0.3 is 0 Å². The Balaban J connectivity index is 1.43. The van der Waals surface area contributed by atoms with E-state index in [4.69, 9.17) is 8.94 Å². The first-order chi connectivity index (χ1) is 12.6. The summed E-state index contributed by atoms with van der Waals surface area (Å²) in [6.07, 6.45) is 0.940. The summed E-state index contributed by atoms with van der Waals surface area (Å²) in [6.45, 7) is 7.96. The van der Waals surface area contributed by atoms with Crippen molar-refractivity contribution in [3.05, 3.63) is 53.1 Å². The van der Waals surface area contributed by atoms with Crippen molar-refractivity contribution in [1.82, 2.24) is 15.0 Å². The minimum absolute atomic E-state index is 0.0274. The minimum Gasteiger partial charge on any atom is -0.451 e. The maximum Gasteiger partial charge on any atom is 0.289 e. The molecule has 2 aromatic heterocycles. The fraction of sp³-hybridized carbons (Fsp3) is 0.400. The zero-order chi connectivity index (χ0) is 18.1. The highest BCUT2D eigenvalue weighted by Gasteiger charge is 2.24. The molecule has 3 heterocycles. The predicted molar refractivity (Wildman–Crippen MR) is 98.0 cm³/mol. The molecule has 0 spiro atoms. The first-order valence-electron chi connectivity index (χ1n) is 9.04. The first-order valence-corrected chi connectivity index (χ1v) is 9.04. The zero-order valence-corrected chi connectivity index (χ0v) is 15.2. The molecule has 6 nitrogen and oxygen atoms in total. The molecule has 3 aromatic rings. The molecule has 0 N–H and O–H groups in total. The minimum atomic E-state index is -0.0274. The summed E-state index contributed by atoms with van der Waals surface area (Å²) in [5, 5.41) is 4.99. The van der Waals surface area contributed by atoms with Crippen molar-refractivity contribution in [2.24, 2.45) is 0 Å². The van der Waals surface area contributed by atoms with Gasteiger partial charge in [0.15, 0.2) is 5.76 Å². The van der Waals surface area contributed by atoms with Gasteiger partial charge in [-0.1, -0.05) is 23.4 Å². The Labute approximate surface area is 152 Å². The van der Waals surface area contributed by atoms with Crippen LogP contribution in [0.2, 0.25) is 0 Å². The molecule has 0 saturated carbocycles. The lowest BCUT2D eigenvalue weighted by molar-refractivity contribution is 0.0731. The predicted octanol–water partition coefficient (Wildman–Crippen LogP) is 3.39. The fourth-order valence-corrected chi connectivity index (χ4v) is 3.53. The van der Waals surface area contributed by atoms with Crippen LogP contribution in [0.5, 0.6) is 0 Å². The van der Waals surface area contributed by atoms with Gasteiger partial charge in [-0.15, -0.1) is 0 Å². The lowest BCUT2D eigenvalue weighted by atomic mass is 10.2. The second-order valence-corrected chi connectivity index (χ2v) is 6.87. The molecular formula is C20H23N3O3. The number of para-hydroxylation sites is 1. The van der Waals surface area contributed by atoms with Crippen LogP contribution >= 0.6 is 0 Å². The molecule has 0 radical (unpaired) electrons. The van der Waals surface area contributed by atoms with Crippen LogP contribution in [0.4, 0.5) is 0 Å². The van der Waals surface area contributed by atoms with E-state index in [0.29, 0.717) is 12.3 Å². The Bertz CT molecular complexity index is 875. The molecule has 0 unspecified atom stereocenters. The Kier molecular flexibility index (Phi) is 4.51. The number of fused-ring (bicyclic) bond motifs is 1. The maximum atomic E-state index is 12.8. The SMILES string of the molecule is Cc1noc(C)c1CN1CCCN(C(=O)c2cc3ccccc3o2)CC1. The summed E-state index contributed by atoms with van der Waals surface area (Å²) in [5.74, 6) is 1.27. The summed E-state index contributed by atoms with van der Waals surface area (Å²) in [5.41, 5.74) is 2.86. The van der Waals surface area contributed by atoms with Crippen molar-refractivity contribution in [3.63, 3.8) is 0 Å². The average molecular weight is 353 g/mol. The molecule has 0 bridgehead atoms. The lowest BCUT2D eigenvalue weighted by Crippen LogP contribution is -2.35. The van der Waals surface area contributed by atoms with Crippen LogP contribution in [0.15, 0.2) is 39.3 Å². The first kappa shape index (κ1) is 16.8. The van der Waals surface area contributed by atoms with Crippen LogP contribution < -0.4 is 0 Å². The number of hydrogen-bond donors (Lipinski definition) is 0. The van der Waals surface area contributed by atoms with Crippen LogP contribution in [0.3, 0.4) is 0 Å². The summed E-state index contributed by atoms with van der Waals surface area (Å²) in [7, 11) is 0. The van der Waals surface area contributed by atoms with Crippen LogP contribution in [0.25, 0.3) is 11.0 Å². The number of aryl methyl sites for hydroxylation is 2. The largest absolute Gasteiger partial charge is 0.451 e. The molecule has 0 atom stereocenters. The van der Waals surface area contributed by atoms with Crippen LogP contribution in [-0.2, 0) is 6.54 Å². The molecule has 1 aliphatic heterocycles. The van der Waals surface area contributed by atoms with Gasteiger partial charge in [0.2, 0.25) is 0 Å². The zero-order valence-electron chi connectivity index (χ0n) is 15.2. The number of amides is 1. The number of carbonyl (C=O) groups excluding carboxylic acids is 1. The van der Waals surface area contributed by atoms with Crippen molar-refractivity contribution < 1.29 is 13.7 Å². The van der Waals surface area contributed by atoms with E-state index in [9.17, 15) is 4.79 Å². The van der Waals surface area contributed by atoms with Gasteiger partial charge in [-0.05, 0) is 32.4 Å². The number of hydrogen-bond acceptors (Lipinski definition) is 5. The molecule has 6 heteroatoms. The van der Waals surface area contributed by atoms with Gasteiger partial charge in [0.05, 0.1) is 5.69 Å². The third kappa shape index (κ3) is 3.24. The number of aromatic nitrogens is 1. The second kappa shape index (κ2) is 6.96. The molecule has 136 valence electrons. The van der Waals surface area contributed by atoms with Crippen molar-refractivity contribution in [1.29, 1.82) is 0 Å². The maximum absolute atomic E-state index is 12.8. The second-order valence-electron chi connectivity index (χ2n) is 6.87. The molecule has 1 aliphatic rings. The van der Waals surface area contributed by atoms with Gasteiger partial charge in [-0.25, -0.2) is 0 Å². The average Bonchev–Trinajstić information content (AvgIpc) is 3.12. The van der Waals surface area contributed by atoms with Crippen molar-refractivity contribution >= 4 is 16.9 Å². The van der Waals surface area contributed by atoms with Crippen molar-refractivity contribution in [2.75, 3.05) is 26.2 Å². The summed E-state index contributed by atoms with van der Waals surface area (Å²) >= 11 is 0. The Morgan fingerprint density at radius 3 is 2.77 bits per heavy atom. The van der Waals surface area contributed by atoms with E-state index < -0.39 is 0 Å². The van der Waals surface area contributed by atoms with Crippen LogP contribution in [0, 0.1) is 13.8 Å². The van der Waals surface area contributed by atoms with Crippen molar-refractivity contribution in [2.45, 2.75) is 26.8 Å².